The van der Waals surface area contributed by atoms with Crippen molar-refractivity contribution in [3.05, 3.63) is 35.9 Å². The average Bonchev–Trinajstić information content (AvgIpc) is 2.62. The molecule has 18 heavy (non-hydrogen) atoms. The number of hydrogen-bond donors (Lipinski definition) is 0. The van der Waals surface area contributed by atoms with Gasteiger partial charge in [-0.3, -0.25) is 9.59 Å². The Bertz CT molecular complexity index is 413. The van der Waals surface area contributed by atoms with E-state index in [1.165, 1.54) is 0 Å². The van der Waals surface area contributed by atoms with Crippen molar-refractivity contribution in [3.8, 4) is 0 Å². The van der Waals surface area contributed by atoms with Gasteiger partial charge in [0.2, 0.25) is 0 Å². The molecule has 1 fully saturated rings. The molecule has 0 N–H and O–H groups in total. The van der Waals surface area contributed by atoms with Crippen molar-refractivity contribution in [2.45, 2.75) is 25.9 Å². The van der Waals surface area contributed by atoms with Gasteiger partial charge < -0.3 is 9.47 Å². The van der Waals surface area contributed by atoms with Crippen molar-refractivity contribution in [1.82, 2.24) is 0 Å². The van der Waals surface area contributed by atoms with Crippen molar-refractivity contribution in [3.63, 3.8) is 0 Å². The third kappa shape index (κ3) is 3.32. The van der Waals surface area contributed by atoms with E-state index in [2.05, 4.69) is 0 Å². The van der Waals surface area contributed by atoms with Crippen molar-refractivity contribution in [2.75, 3.05) is 6.61 Å². The summed E-state index contributed by atoms with van der Waals surface area (Å²) in [6, 6.07) is 9.40. The highest BCUT2D eigenvalue weighted by molar-refractivity contribution is 5.94. The van der Waals surface area contributed by atoms with E-state index in [4.69, 9.17) is 9.47 Å². The lowest BCUT2D eigenvalue weighted by Crippen LogP contribution is -2.26. The first-order chi connectivity index (χ1) is 8.77. The Morgan fingerprint density at radius 1 is 1.28 bits per heavy atom. The highest BCUT2D eigenvalue weighted by Crippen LogP contribution is 2.17. The van der Waals surface area contributed by atoms with Crippen LogP contribution in [0.15, 0.2) is 30.3 Å². The van der Waals surface area contributed by atoms with Crippen LogP contribution in [0.25, 0.3) is 0 Å². The molecule has 0 aliphatic carbocycles. The van der Waals surface area contributed by atoms with E-state index in [9.17, 15) is 9.59 Å². The Morgan fingerprint density at radius 3 is 2.83 bits per heavy atom. The molecule has 1 aliphatic heterocycles. The van der Waals surface area contributed by atoms with E-state index in [-0.39, 0.29) is 6.61 Å². The molecule has 0 radical (unpaired) electrons. The topological polar surface area (TPSA) is 52.6 Å². The third-order valence-corrected chi connectivity index (χ3v) is 2.92. The van der Waals surface area contributed by atoms with Crippen LogP contribution in [-0.2, 0) is 25.7 Å². The molecule has 1 unspecified atom stereocenters. The van der Waals surface area contributed by atoms with Crippen LogP contribution in [0.4, 0.5) is 0 Å². The van der Waals surface area contributed by atoms with E-state index in [0.717, 1.165) is 18.4 Å². The predicted molar refractivity (Wildman–Crippen MR) is 64.5 cm³/mol. The molecule has 1 atom stereocenters. The van der Waals surface area contributed by atoms with Crippen LogP contribution in [0.2, 0.25) is 0 Å². The number of ether oxygens (including phenoxy) is 2. The van der Waals surface area contributed by atoms with Gasteiger partial charge in [0.05, 0.1) is 6.61 Å². The van der Waals surface area contributed by atoms with Gasteiger partial charge >= 0.3 is 11.9 Å². The molecule has 2 rings (SSSR count). The summed E-state index contributed by atoms with van der Waals surface area (Å²) >= 11 is 0. The lowest BCUT2D eigenvalue weighted by atomic mass is 10.0. The largest absolute Gasteiger partial charge is 0.465 e. The molecule has 1 saturated heterocycles. The number of rotatable bonds is 3. The van der Waals surface area contributed by atoms with Crippen molar-refractivity contribution in [1.29, 1.82) is 0 Å². The molecule has 1 aromatic rings. The lowest BCUT2D eigenvalue weighted by Gasteiger charge is -2.11. The summed E-state index contributed by atoms with van der Waals surface area (Å²) in [6.07, 6.45) is 2.15. The minimum absolute atomic E-state index is 0.198. The fourth-order valence-corrected chi connectivity index (χ4v) is 1.89. The Labute approximate surface area is 106 Å². The van der Waals surface area contributed by atoms with Crippen LogP contribution in [0.1, 0.15) is 24.8 Å². The predicted octanol–water partition coefficient (Wildman–Crippen LogP) is 2.07. The van der Waals surface area contributed by atoms with E-state index >= 15 is 0 Å². The smallest absolute Gasteiger partial charge is 0.320 e. The Morgan fingerprint density at radius 2 is 2.06 bits per heavy atom. The summed E-state index contributed by atoms with van der Waals surface area (Å²) in [5, 5.41) is 0. The third-order valence-electron chi connectivity index (χ3n) is 2.92. The maximum Gasteiger partial charge on any atom is 0.320 e. The first kappa shape index (κ1) is 12.6. The van der Waals surface area contributed by atoms with Gasteiger partial charge in [0.25, 0.3) is 0 Å². The molecular formula is C14H16O4. The first-order valence-electron chi connectivity index (χ1n) is 6.14. The average molecular weight is 248 g/mol. The van der Waals surface area contributed by atoms with Gasteiger partial charge in [-0.25, -0.2) is 0 Å². The van der Waals surface area contributed by atoms with Crippen LogP contribution >= 0.6 is 0 Å². The second kappa shape index (κ2) is 6.19. The SMILES string of the molecule is O=C1OCCCCC1C(=O)OCc1ccccc1. The van der Waals surface area contributed by atoms with Crippen LogP contribution in [0.5, 0.6) is 0 Å². The summed E-state index contributed by atoms with van der Waals surface area (Å²) in [7, 11) is 0. The number of carbonyl (C=O) groups is 2. The Balaban J connectivity index is 1.89. The van der Waals surface area contributed by atoms with E-state index in [0.29, 0.717) is 13.0 Å². The molecular weight excluding hydrogens is 232 g/mol. The summed E-state index contributed by atoms with van der Waals surface area (Å²) in [4.78, 5) is 23.4. The molecule has 1 heterocycles. The maximum atomic E-state index is 11.8. The fraction of sp³-hybridized carbons (Fsp3) is 0.429. The molecule has 0 amide bonds. The highest BCUT2D eigenvalue weighted by atomic mass is 16.6. The van der Waals surface area contributed by atoms with Gasteiger partial charge in [-0.05, 0) is 24.8 Å². The number of carbonyl (C=O) groups excluding carboxylic acids is 2. The number of hydrogen-bond acceptors (Lipinski definition) is 4. The summed E-state index contributed by atoms with van der Waals surface area (Å²) in [5.41, 5.74) is 0.910. The summed E-state index contributed by atoms with van der Waals surface area (Å²) in [5.74, 6) is -1.69. The van der Waals surface area contributed by atoms with Gasteiger partial charge in [-0.1, -0.05) is 30.3 Å². The second-order valence-electron chi connectivity index (χ2n) is 4.31. The molecule has 4 nitrogen and oxygen atoms in total. The second-order valence-corrected chi connectivity index (χ2v) is 4.31. The van der Waals surface area contributed by atoms with Crippen LogP contribution in [0, 0.1) is 5.92 Å². The van der Waals surface area contributed by atoms with Crippen LogP contribution in [-0.4, -0.2) is 18.5 Å². The first-order valence-corrected chi connectivity index (χ1v) is 6.14. The minimum atomic E-state index is -0.754. The van der Waals surface area contributed by atoms with Crippen LogP contribution in [0.3, 0.4) is 0 Å². The van der Waals surface area contributed by atoms with Gasteiger partial charge in [0.15, 0.2) is 5.92 Å². The molecule has 1 aliphatic rings. The zero-order valence-corrected chi connectivity index (χ0v) is 10.1. The molecule has 0 aromatic heterocycles. The molecule has 0 spiro atoms. The minimum Gasteiger partial charge on any atom is -0.465 e. The normalized spacial score (nSPS) is 19.8. The molecule has 96 valence electrons. The quantitative estimate of drug-likeness (QED) is 0.607. The fourth-order valence-electron chi connectivity index (χ4n) is 1.89. The van der Waals surface area contributed by atoms with Crippen molar-refractivity contribution >= 4 is 11.9 Å². The van der Waals surface area contributed by atoms with Gasteiger partial charge in [-0.2, -0.15) is 0 Å². The molecule has 0 bridgehead atoms. The number of benzene rings is 1. The van der Waals surface area contributed by atoms with E-state index in [1.807, 2.05) is 30.3 Å². The molecule has 4 heteroatoms. The standard InChI is InChI=1S/C14H16O4/c15-13-12(8-4-5-9-17-13)14(16)18-10-11-6-2-1-3-7-11/h1-3,6-7,12H,4-5,8-10H2. The maximum absolute atomic E-state index is 11.8. The zero-order valence-electron chi connectivity index (χ0n) is 10.1. The van der Waals surface area contributed by atoms with Gasteiger partial charge in [0.1, 0.15) is 6.61 Å². The zero-order chi connectivity index (χ0) is 12.8. The molecule has 1 aromatic carbocycles. The van der Waals surface area contributed by atoms with Crippen molar-refractivity contribution in [2.24, 2.45) is 5.92 Å². The lowest BCUT2D eigenvalue weighted by molar-refractivity contribution is -0.162. The highest BCUT2D eigenvalue weighted by Gasteiger charge is 2.30. The van der Waals surface area contributed by atoms with E-state index < -0.39 is 17.9 Å². The van der Waals surface area contributed by atoms with Gasteiger partial charge in [0, 0.05) is 0 Å². The Hall–Kier alpha value is -1.84. The summed E-state index contributed by atoms with van der Waals surface area (Å²) in [6.45, 7) is 0.602. The summed E-state index contributed by atoms with van der Waals surface area (Å²) < 4.78 is 10.1. The molecule has 0 saturated carbocycles. The van der Waals surface area contributed by atoms with Crippen molar-refractivity contribution < 1.29 is 19.1 Å². The number of cyclic esters (lactones) is 1. The van der Waals surface area contributed by atoms with E-state index in [1.54, 1.807) is 0 Å². The van der Waals surface area contributed by atoms with Crippen LogP contribution < -0.4 is 0 Å². The number of esters is 2. The Kier molecular flexibility index (Phi) is 4.34. The van der Waals surface area contributed by atoms with Gasteiger partial charge in [-0.15, -0.1) is 0 Å². The monoisotopic (exact) mass is 248 g/mol.